The molecule has 0 aliphatic heterocycles. The van der Waals surface area contributed by atoms with Crippen molar-refractivity contribution in [2.45, 2.75) is 19.6 Å². The lowest BCUT2D eigenvalue weighted by molar-refractivity contribution is -0.152. The summed E-state index contributed by atoms with van der Waals surface area (Å²) in [6.45, 7) is 3.09. The zero-order valence-electron chi connectivity index (χ0n) is 7.20. The summed E-state index contributed by atoms with van der Waals surface area (Å²) in [6.07, 6.45) is 0. The van der Waals surface area contributed by atoms with Gasteiger partial charge in [-0.1, -0.05) is 12.1 Å². The number of nitrogen functional groups attached to an aromatic ring is 1. The van der Waals surface area contributed by atoms with Gasteiger partial charge in [-0.25, -0.2) is 0 Å². The molecule has 0 saturated heterocycles. The van der Waals surface area contributed by atoms with Crippen LogP contribution in [-0.2, 0) is 5.79 Å². The first-order valence-electron chi connectivity index (χ1n) is 3.73. The van der Waals surface area contributed by atoms with E-state index >= 15 is 0 Å². The number of aliphatic hydroxyl groups is 2. The molecule has 4 N–H and O–H groups in total. The maximum absolute atomic E-state index is 9.33. The Kier molecular flexibility index (Phi) is 2.08. The van der Waals surface area contributed by atoms with Crippen LogP contribution in [0.3, 0.4) is 0 Å². The zero-order valence-corrected chi connectivity index (χ0v) is 7.20. The molecular weight excluding hydrogens is 154 g/mol. The number of rotatable bonds is 1. The minimum Gasteiger partial charge on any atom is -0.398 e. The average Bonchev–Trinajstić information content (AvgIpc) is 1.82. The molecule has 0 aliphatic rings. The molecule has 0 radical (unpaired) electrons. The van der Waals surface area contributed by atoms with E-state index in [1.807, 2.05) is 0 Å². The van der Waals surface area contributed by atoms with Crippen molar-refractivity contribution in [2.24, 2.45) is 0 Å². The number of aryl methyl sites for hydroxylation is 1. The smallest absolute Gasteiger partial charge is 0.189 e. The van der Waals surface area contributed by atoms with Gasteiger partial charge in [-0.3, -0.25) is 0 Å². The zero-order chi connectivity index (χ0) is 9.35. The fraction of sp³-hybridized carbons (Fsp3) is 0.333. The Balaban J connectivity index is 3.31. The van der Waals surface area contributed by atoms with E-state index in [4.69, 9.17) is 5.73 Å². The monoisotopic (exact) mass is 167 g/mol. The van der Waals surface area contributed by atoms with E-state index < -0.39 is 5.79 Å². The van der Waals surface area contributed by atoms with Crippen molar-refractivity contribution in [3.8, 4) is 0 Å². The summed E-state index contributed by atoms with van der Waals surface area (Å²) in [5, 5.41) is 18.7. The number of hydrogen-bond donors (Lipinski definition) is 3. The molecule has 3 nitrogen and oxygen atoms in total. The normalized spacial score (nSPS) is 11.7. The third kappa shape index (κ3) is 1.57. The maximum atomic E-state index is 9.33. The van der Waals surface area contributed by atoms with Crippen LogP contribution in [0.15, 0.2) is 18.2 Å². The quantitative estimate of drug-likeness (QED) is 0.427. The first kappa shape index (κ1) is 9.03. The van der Waals surface area contributed by atoms with Gasteiger partial charge in [0.25, 0.3) is 0 Å². The van der Waals surface area contributed by atoms with Crippen LogP contribution in [0.4, 0.5) is 5.69 Å². The second-order valence-corrected chi connectivity index (χ2v) is 3.06. The summed E-state index contributed by atoms with van der Waals surface area (Å²) in [4.78, 5) is 0. The SMILES string of the molecule is Cc1cccc(N)c1C(C)(O)O. The van der Waals surface area contributed by atoms with Crippen LogP contribution in [-0.4, -0.2) is 10.2 Å². The molecule has 0 atom stereocenters. The van der Waals surface area contributed by atoms with Gasteiger partial charge < -0.3 is 15.9 Å². The van der Waals surface area contributed by atoms with E-state index in [2.05, 4.69) is 0 Å². The standard InChI is InChI=1S/C9H13NO2/c1-6-4-3-5-7(10)8(6)9(2,11)12/h3-5,11-12H,10H2,1-2H3. The highest BCUT2D eigenvalue weighted by Gasteiger charge is 2.23. The molecule has 0 bridgehead atoms. The fourth-order valence-corrected chi connectivity index (χ4v) is 1.34. The molecule has 0 heterocycles. The molecule has 0 saturated carbocycles. The van der Waals surface area contributed by atoms with Crippen molar-refractivity contribution in [3.05, 3.63) is 29.3 Å². The van der Waals surface area contributed by atoms with Crippen LogP contribution in [0, 0.1) is 6.92 Å². The predicted molar refractivity (Wildman–Crippen MR) is 47.4 cm³/mol. The lowest BCUT2D eigenvalue weighted by Crippen LogP contribution is -2.22. The third-order valence-corrected chi connectivity index (χ3v) is 1.78. The second kappa shape index (κ2) is 2.77. The van der Waals surface area contributed by atoms with E-state index in [-0.39, 0.29) is 0 Å². The number of benzene rings is 1. The summed E-state index contributed by atoms with van der Waals surface area (Å²) in [5.41, 5.74) is 7.15. The first-order chi connectivity index (χ1) is 5.43. The Bertz CT molecular complexity index is 269. The number of anilines is 1. The van der Waals surface area contributed by atoms with Crippen molar-refractivity contribution in [1.82, 2.24) is 0 Å². The molecule has 12 heavy (non-hydrogen) atoms. The van der Waals surface area contributed by atoms with Gasteiger partial charge in [-0.15, -0.1) is 0 Å². The molecule has 0 unspecified atom stereocenters. The molecule has 1 aromatic rings. The molecular formula is C9H13NO2. The molecule has 0 fully saturated rings. The molecule has 0 amide bonds. The van der Waals surface area contributed by atoms with Crippen LogP contribution >= 0.6 is 0 Å². The Labute approximate surface area is 71.5 Å². The van der Waals surface area contributed by atoms with Gasteiger partial charge in [0, 0.05) is 11.3 Å². The lowest BCUT2D eigenvalue weighted by atomic mass is 10.00. The summed E-state index contributed by atoms with van der Waals surface area (Å²) in [7, 11) is 0. The molecule has 3 heteroatoms. The van der Waals surface area contributed by atoms with Crippen LogP contribution in [0.25, 0.3) is 0 Å². The van der Waals surface area contributed by atoms with Crippen molar-refractivity contribution in [1.29, 1.82) is 0 Å². The average molecular weight is 167 g/mol. The van der Waals surface area contributed by atoms with Crippen molar-refractivity contribution in [2.75, 3.05) is 5.73 Å². The van der Waals surface area contributed by atoms with Gasteiger partial charge in [-0.2, -0.15) is 0 Å². The molecule has 0 aromatic heterocycles. The lowest BCUT2D eigenvalue weighted by Gasteiger charge is -2.20. The Morgan fingerprint density at radius 1 is 1.33 bits per heavy atom. The Hall–Kier alpha value is -1.06. The minimum absolute atomic E-state index is 0.380. The molecule has 66 valence electrons. The highest BCUT2D eigenvalue weighted by molar-refractivity contribution is 5.52. The highest BCUT2D eigenvalue weighted by Crippen LogP contribution is 2.26. The van der Waals surface area contributed by atoms with Gasteiger partial charge in [-0.05, 0) is 25.5 Å². The van der Waals surface area contributed by atoms with Crippen molar-refractivity contribution in [3.63, 3.8) is 0 Å². The van der Waals surface area contributed by atoms with Gasteiger partial charge >= 0.3 is 0 Å². The van der Waals surface area contributed by atoms with Gasteiger partial charge in [0.05, 0.1) is 0 Å². The largest absolute Gasteiger partial charge is 0.398 e. The molecule has 0 aliphatic carbocycles. The first-order valence-corrected chi connectivity index (χ1v) is 3.73. The summed E-state index contributed by atoms with van der Waals surface area (Å²) in [6, 6.07) is 5.21. The number of nitrogens with two attached hydrogens (primary N) is 1. The molecule has 1 aromatic carbocycles. The van der Waals surface area contributed by atoms with Gasteiger partial charge in [0.1, 0.15) is 0 Å². The van der Waals surface area contributed by atoms with Crippen LogP contribution < -0.4 is 5.73 Å². The van der Waals surface area contributed by atoms with E-state index in [0.717, 1.165) is 5.56 Å². The Morgan fingerprint density at radius 2 is 1.92 bits per heavy atom. The molecule has 1 rings (SSSR count). The van der Waals surface area contributed by atoms with Crippen LogP contribution in [0.2, 0.25) is 0 Å². The number of hydrogen-bond acceptors (Lipinski definition) is 3. The van der Waals surface area contributed by atoms with Crippen molar-refractivity contribution < 1.29 is 10.2 Å². The summed E-state index contributed by atoms with van der Waals surface area (Å²) in [5.74, 6) is -1.85. The van der Waals surface area contributed by atoms with Crippen LogP contribution in [0.5, 0.6) is 0 Å². The fourth-order valence-electron chi connectivity index (χ4n) is 1.34. The van der Waals surface area contributed by atoms with Gasteiger partial charge in [0.2, 0.25) is 0 Å². The predicted octanol–water partition coefficient (Wildman–Crippen LogP) is 0.735. The van der Waals surface area contributed by atoms with E-state index in [1.165, 1.54) is 6.92 Å². The molecule has 0 spiro atoms. The summed E-state index contributed by atoms with van der Waals surface area (Å²) >= 11 is 0. The van der Waals surface area contributed by atoms with Crippen molar-refractivity contribution >= 4 is 5.69 Å². The van der Waals surface area contributed by atoms with Gasteiger partial charge in [0.15, 0.2) is 5.79 Å². The van der Waals surface area contributed by atoms with E-state index in [0.29, 0.717) is 11.3 Å². The Morgan fingerprint density at radius 3 is 2.25 bits per heavy atom. The van der Waals surface area contributed by atoms with E-state index in [9.17, 15) is 10.2 Å². The third-order valence-electron chi connectivity index (χ3n) is 1.78. The van der Waals surface area contributed by atoms with E-state index in [1.54, 1.807) is 25.1 Å². The maximum Gasteiger partial charge on any atom is 0.189 e. The topological polar surface area (TPSA) is 66.5 Å². The second-order valence-electron chi connectivity index (χ2n) is 3.06. The minimum atomic E-state index is -1.85. The highest BCUT2D eigenvalue weighted by atomic mass is 16.5. The summed E-state index contributed by atoms with van der Waals surface area (Å²) < 4.78 is 0. The van der Waals surface area contributed by atoms with Crippen LogP contribution in [0.1, 0.15) is 18.1 Å².